The minimum Gasteiger partial charge on any atom is -0.339 e. The van der Waals surface area contributed by atoms with Crippen LogP contribution in [-0.2, 0) is 4.79 Å². The highest BCUT2D eigenvalue weighted by molar-refractivity contribution is 5.94. The Balaban J connectivity index is 1.44. The summed E-state index contributed by atoms with van der Waals surface area (Å²) < 4.78 is 5.56. The van der Waals surface area contributed by atoms with E-state index in [9.17, 15) is 9.59 Å². The van der Waals surface area contributed by atoms with Crippen molar-refractivity contribution in [3.8, 4) is 11.4 Å². The van der Waals surface area contributed by atoms with Gasteiger partial charge in [-0.2, -0.15) is 4.98 Å². The third-order valence-electron chi connectivity index (χ3n) is 5.79. The Morgan fingerprint density at radius 3 is 2.47 bits per heavy atom. The lowest BCUT2D eigenvalue weighted by molar-refractivity contribution is -0.114. The van der Waals surface area contributed by atoms with Crippen molar-refractivity contribution in [3.63, 3.8) is 0 Å². The Labute approximate surface area is 187 Å². The summed E-state index contributed by atoms with van der Waals surface area (Å²) in [6.45, 7) is 7.04. The summed E-state index contributed by atoms with van der Waals surface area (Å²) in [5, 5.41) is 6.87. The average Bonchev–Trinajstić information content (AvgIpc) is 3.29. The predicted molar refractivity (Wildman–Crippen MR) is 122 cm³/mol. The number of carbonyl (C=O) groups is 2. The van der Waals surface area contributed by atoms with Gasteiger partial charge < -0.3 is 14.7 Å². The number of likely N-dealkylation sites (tertiary alicyclic amines) is 1. The molecule has 1 aliphatic rings. The quantitative estimate of drug-likeness (QED) is 0.623. The van der Waals surface area contributed by atoms with Crippen molar-refractivity contribution in [2.24, 2.45) is 0 Å². The standard InChI is InChI=1S/C25H28N4O3/c1-16(2)18-6-8-20(9-7-18)25(31)29-14-4-5-21(15-29)24-27-23(28-32-24)19-10-12-22(13-11-19)26-17(3)30/h6-13,16,21H,4-5,14-15H2,1-3H3,(H,26,30). The number of carbonyl (C=O) groups excluding carboxylic acids is 2. The SMILES string of the molecule is CC(=O)Nc1ccc(-c2noc(C3CCCN(C(=O)c4ccc(C(C)C)cc4)C3)n2)cc1. The second-order valence-electron chi connectivity index (χ2n) is 8.58. The van der Waals surface area contributed by atoms with Gasteiger partial charge in [0.1, 0.15) is 0 Å². The van der Waals surface area contributed by atoms with Crippen LogP contribution in [0.1, 0.15) is 67.3 Å². The number of benzene rings is 2. The van der Waals surface area contributed by atoms with E-state index >= 15 is 0 Å². The molecule has 0 saturated carbocycles. The van der Waals surface area contributed by atoms with E-state index in [2.05, 4.69) is 29.3 Å². The van der Waals surface area contributed by atoms with Gasteiger partial charge in [-0.25, -0.2) is 0 Å². The first-order valence-corrected chi connectivity index (χ1v) is 11.0. The van der Waals surface area contributed by atoms with Crippen molar-refractivity contribution in [1.29, 1.82) is 0 Å². The summed E-state index contributed by atoms with van der Waals surface area (Å²) in [5.74, 6) is 1.43. The Morgan fingerprint density at radius 1 is 1.09 bits per heavy atom. The fraction of sp³-hybridized carbons (Fsp3) is 0.360. The van der Waals surface area contributed by atoms with Gasteiger partial charge in [-0.05, 0) is 60.7 Å². The molecule has 7 nitrogen and oxygen atoms in total. The van der Waals surface area contributed by atoms with Crippen molar-refractivity contribution in [3.05, 3.63) is 65.5 Å². The molecule has 0 aliphatic carbocycles. The van der Waals surface area contributed by atoms with Crippen molar-refractivity contribution >= 4 is 17.5 Å². The highest BCUT2D eigenvalue weighted by Crippen LogP contribution is 2.29. The molecule has 0 spiro atoms. The molecule has 1 aromatic heterocycles. The number of hydrogen-bond acceptors (Lipinski definition) is 5. The molecule has 2 heterocycles. The van der Waals surface area contributed by atoms with Crippen LogP contribution in [0.4, 0.5) is 5.69 Å². The average molecular weight is 433 g/mol. The molecule has 32 heavy (non-hydrogen) atoms. The summed E-state index contributed by atoms with van der Waals surface area (Å²) in [6.07, 6.45) is 1.79. The molecule has 7 heteroatoms. The first-order chi connectivity index (χ1) is 15.4. The number of piperidine rings is 1. The second-order valence-corrected chi connectivity index (χ2v) is 8.58. The van der Waals surface area contributed by atoms with Gasteiger partial charge in [0.2, 0.25) is 17.6 Å². The number of aromatic nitrogens is 2. The largest absolute Gasteiger partial charge is 0.339 e. The third kappa shape index (κ3) is 4.88. The molecular weight excluding hydrogens is 404 g/mol. The van der Waals surface area contributed by atoms with E-state index < -0.39 is 0 Å². The van der Waals surface area contributed by atoms with Crippen LogP contribution in [0.3, 0.4) is 0 Å². The molecule has 166 valence electrons. The molecular formula is C25H28N4O3. The Bertz CT molecular complexity index is 1090. The summed E-state index contributed by atoms with van der Waals surface area (Å²) >= 11 is 0. The number of rotatable bonds is 5. The van der Waals surface area contributed by atoms with Gasteiger partial charge in [0.05, 0.1) is 5.92 Å². The van der Waals surface area contributed by atoms with Crippen LogP contribution in [0.2, 0.25) is 0 Å². The zero-order valence-electron chi connectivity index (χ0n) is 18.7. The lowest BCUT2D eigenvalue weighted by atomic mass is 9.96. The molecule has 3 aromatic rings. The van der Waals surface area contributed by atoms with Gasteiger partial charge in [-0.1, -0.05) is 31.1 Å². The summed E-state index contributed by atoms with van der Waals surface area (Å²) in [6, 6.07) is 15.2. The molecule has 4 rings (SSSR count). The molecule has 0 radical (unpaired) electrons. The monoisotopic (exact) mass is 432 g/mol. The van der Waals surface area contributed by atoms with Crippen molar-refractivity contribution in [2.75, 3.05) is 18.4 Å². The van der Waals surface area contributed by atoms with Crippen LogP contribution < -0.4 is 5.32 Å². The van der Waals surface area contributed by atoms with E-state index in [1.807, 2.05) is 41.3 Å². The van der Waals surface area contributed by atoms with E-state index in [1.54, 1.807) is 12.1 Å². The van der Waals surface area contributed by atoms with Crippen LogP contribution in [-0.4, -0.2) is 39.9 Å². The number of hydrogen-bond donors (Lipinski definition) is 1. The van der Waals surface area contributed by atoms with Gasteiger partial charge in [-0.15, -0.1) is 0 Å². The van der Waals surface area contributed by atoms with Gasteiger partial charge in [0.25, 0.3) is 5.91 Å². The molecule has 1 fully saturated rings. The molecule has 1 atom stereocenters. The molecule has 1 unspecified atom stereocenters. The fourth-order valence-electron chi connectivity index (χ4n) is 3.98. The smallest absolute Gasteiger partial charge is 0.253 e. The summed E-state index contributed by atoms with van der Waals surface area (Å²) in [7, 11) is 0. The zero-order valence-corrected chi connectivity index (χ0v) is 18.7. The van der Waals surface area contributed by atoms with Gasteiger partial charge in [0.15, 0.2) is 0 Å². The maximum absolute atomic E-state index is 13.0. The summed E-state index contributed by atoms with van der Waals surface area (Å²) in [4.78, 5) is 30.7. The number of nitrogens with one attached hydrogen (secondary N) is 1. The van der Waals surface area contributed by atoms with Gasteiger partial charge >= 0.3 is 0 Å². The van der Waals surface area contributed by atoms with Gasteiger partial charge in [0, 0.05) is 36.8 Å². The topological polar surface area (TPSA) is 88.3 Å². The molecule has 1 N–H and O–H groups in total. The number of amides is 2. The van der Waals surface area contributed by atoms with Crippen molar-refractivity contribution in [2.45, 2.75) is 45.4 Å². The first kappa shape index (κ1) is 21.7. The van der Waals surface area contributed by atoms with Crippen LogP contribution >= 0.6 is 0 Å². The lowest BCUT2D eigenvalue weighted by Crippen LogP contribution is -2.39. The number of nitrogens with zero attached hydrogens (tertiary/aromatic N) is 3. The van der Waals surface area contributed by atoms with Gasteiger partial charge in [-0.3, -0.25) is 9.59 Å². The number of anilines is 1. The van der Waals surface area contributed by atoms with Crippen LogP contribution in [0.15, 0.2) is 53.1 Å². The highest BCUT2D eigenvalue weighted by Gasteiger charge is 2.29. The normalized spacial score (nSPS) is 16.2. The maximum Gasteiger partial charge on any atom is 0.253 e. The Hall–Kier alpha value is -3.48. The van der Waals surface area contributed by atoms with Crippen molar-refractivity contribution in [1.82, 2.24) is 15.0 Å². The Kier molecular flexibility index (Phi) is 6.35. The maximum atomic E-state index is 13.0. The summed E-state index contributed by atoms with van der Waals surface area (Å²) in [5.41, 5.74) is 3.46. The molecule has 1 aliphatic heterocycles. The molecule has 2 amide bonds. The molecule has 0 bridgehead atoms. The predicted octanol–water partition coefficient (Wildman–Crippen LogP) is 4.84. The van der Waals surface area contributed by atoms with E-state index in [4.69, 9.17) is 4.52 Å². The van der Waals surface area contributed by atoms with E-state index in [1.165, 1.54) is 12.5 Å². The second kappa shape index (κ2) is 9.34. The highest BCUT2D eigenvalue weighted by atomic mass is 16.5. The third-order valence-corrected chi connectivity index (χ3v) is 5.79. The zero-order chi connectivity index (χ0) is 22.7. The van der Waals surface area contributed by atoms with Crippen LogP contribution in [0, 0.1) is 0 Å². The van der Waals surface area contributed by atoms with Crippen molar-refractivity contribution < 1.29 is 14.1 Å². The van der Waals surface area contributed by atoms with Crippen LogP contribution in [0.25, 0.3) is 11.4 Å². The van der Waals surface area contributed by atoms with E-state index in [0.29, 0.717) is 35.4 Å². The molecule has 2 aromatic carbocycles. The fourth-order valence-corrected chi connectivity index (χ4v) is 3.98. The first-order valence-electron chi connectivity index (χ1n) is 11.0. The van der Waals surface area contributed by atoms with Crippen LogP contribution in [0.5, 0.6) is 0 Å². The minimum atomic E-state index is -0.119. The van der Waals surface area contributed by atoms with E-state index in [0.717, 1.165) is 24.9 Å². The molecule has 1 saturated heterocycles. The lowest BCUT2D eigenvalue weighted by Gasteiger charge is -2.31. The minimum absolute atomic E-state index is 0.0162. The van der Waals surface area contributed by atoms with E-state index in [-0.39, 0.29) is 17.7 Å². The Morgan fingerprint density at radius 2 is 1.81 bits per heavy atom.